The molecule has 1 amide bonds. The molecule has 0 unspecified atom stereocenters. The lowest BCUT2D eigenvalue weighted by molar-refractivity contribution is -0.118. The SMILES string of the molecule is CC(=O)c1ccc(OCC(=O)Nc2c(Cl)cc(Cl)cc2Cl)cc1F. The standard InChI is InChI=1S/C16H11Cl3FNO3/c1-8(22)11-3-2-10(6-14(11)20)24-7-15(23)21-16-12(18)4-9(17)5-13(16)19/h2-6H,7H2,1H3,(H,21,23). The van der Waals surface area contributed by atoms with Crippen LogP contribution in [0.2, 0.25) is 15.1 Å². The third-order valence-corrected chi connectivity index (χ3v) is 3.78. The van der Waals surface area contributed by atoms with Crippen LogP contribution in [0.25, 0.3) is 0 Å². The molecule has 0 spiro atoms. The summed E-state index contributed by atoms with van der Waals surface area (Å²) in [7, 11) is 0. The largest absolute Gasteiger partial charge is 0.484 e. The van der Waals surface area contributed by atoms with E-state index in [0.29, 0.717) is 5.02 Å². The van der Waals surface area contributed by atoms with Crippen LogP contribution in [-0.2, 0) is 4.79 Å². The lowest BCUT2D eigenvalue weighted by Crippen LogP contribution is -2.20. The Morgan fingerprint density at radius 1 is 1.12 bits per heavy atom. The van der Waals surface area contributed by atoms with Crippen LogP contribution >= 0.6 is 34.8 Å². The van der Waals surface area contributed by atoms with Gasteiger partial charge in [-0.15, -0.1) is 0 Å². The van der Waals surface area contributed by atoms with Crippen molar-refractivity contribution >= 4 is 52.2 Å². The van der Waals surface area contributed by atoms with Crippen molar-refractivity contribution < 1.29 is 18.7 Å². The summed E-state index contributed by atoms with van der Waals surface area (Å²) in [5, 5.41) is 3.18. The second-order valence-corrected chi connectivity index (χ2v) is 6.03. The van der Waals surface area contributed by atoms with E-state index in [9.17, 15) is 14.0 Å². The lowest BCUT2D eigenvalue weighted by Gasteiger charge is -2.11. The summed E-state index contributed by atoms with van der Waals surface area (Å²) in [4.78, 5) is 23.1. The molecule has 24 heavy (non-hydrogen) atoms. The van der Waals surface area contributed by atoms with Crippen molar-refractivity contribution in [1.82, 2.24) is 0 Å². The van der Waals surface area contributed by atoms with Gasteiger partial charge in [-0.25, -0.2) is 4.39 Å². The number of amides is 1. The summed E-state index contributed by atoms with van der Waals surface area (Å²) < 4.78 is 18.9. The third kappa shape index (κ3) is 4.60. The number of hydrogen-bond donors (Lipinski definition) is 1. The van der Waals surface area contributed by atoms with E-state index < -0.39 is 24.1 Å². The average Bonchev–Trinajstić information content (AvgIpc) is 2.48. The summed E-state index contributed by atoms with van der Waals surface area (Å²) in [5.41, 5.74) is 0.154. The second kappa shape index (κ2) is 7.83. The molecule has 0 aliphatic rings. The summed E-state index contributed by atoms with van der Waals surface area (Å²) in [6.45, 7) is 0.861. The van der Waals surface area contributed by atoms with Gasteiger partial charge in [0.1, 0.15) is 11.6 Å². The van der Waals surface area contributed by atoms with Crippen LogP contribution in [0.15, 0.2) is 30.3 Å². The van der Waals surface area contributed by atoms with Crippen LogP contribution in [0.1, 0.15) is 17.3 Å². The fourth-order valence-electron chi connectivity index (χ4n) is 1.86. The zero-order valence-corrected chi connectivity index (χ0v) is 14.6. The number of ether oxygens (including phenoxy) is 1. The topological polar surface area (TPSA) is 55.4 Å². The number of Topliss-reactive ketones (excluding diaryl/α,β-unsaturated/α-hetero) is 1. The van der Waals surface area contributed by atoms with Crippen molar-refractivity contribution in [2.45, 2.75) is 6.92 Å². The van der Waals surface area contributed by atoms with Gasteiger partial charge >= 0.3 is 0 Å². The Labute approximate surface area is 152 Å². The first-order valence-corrected chi connectivity index (χ1v) is 7.79. The molecule has 0 aliphatic carbocycles. The number of halogens is 4. The van der Waals surface area contributed by atoms with Crippen molar-refractivity contribution in [3.63, 3.8) is 0 Å². The molecule has 8 heteroatoms. The van der Waals surface area contributed by atoms with Crippen molar-refractivity contribution in [3.05, 3.63) is 56.8 Å². The van der Waals surface area contributed by atoms with E-state index >= 15 is 0 Å². The molecule has 0 saturated heterocycles. The van der Waals surface area contributed by atoms with Crippen LogP contribution in [0.5, 0.6) is 5.75 Å². The van der Waals surface area contributed by atoms with Gasteiger partial charge in [-0.05, 0) is 31.2 Å². The molecule has 0 aromatic heterocycles. The number of carbonyl (C=O) groups excluding carboxylic acids is 2. The number of anilines is 1. The van der Waals surface area contributed by atoms with Crippen LogP contribution < -0.4 is 10.1 Å². The highest BCUT2D eigenvalue weighted by molar-refractivity contribution is 6.42. The van der Waals surface area contributed by atoms with Crippen LogP contribution in [-0.4, -0.2) is 18.3 Å². The maximum absolute atomic E-state index is 13.7. The Morgan fingerprint density at radius 2 is 1.75 bits per heavy atom. The third-order valence-electron chi connectivity index (χ3n) is 2.96. The Kier molecular flexibility index (Phi) is 6.04. The monoisotopic (exact) mass is 389 g/mol. The minimum Gasteiger partial charge on any atom is -0.484 e. The Morgan fingerprint density at radius 3 is 2.29 bits per heavy atom. The molecular weight excluding hydrogens is 380 g/mol. The molecular formula is C16H11Cl3FNO3. The zero-order valence-electron chi connectivity index (χ0n) is 12.3. The number of nitrogens with one attached hydrogen (secondary N) is 1. The van der Waals surface area contributed by atoms with Gasteiger partial charge in [-0.1, -0.05) is 34.8 Å². The molecule has 2 aromatic rings. The molecule has 2 rings (SSSR count). The highest BCUT2D eigenvalue weighted by Crippen LogP contribution is 2.33. The smallest absolute Gasteiger partial charge is 0.262 e. The molecule has 126 valence electrons. The average molecular weight is 391 g/mol. The Bertz CT molecular complexity index is 788. The normalized spacial score (nSPS) is 10.4. The van der Waals surface area contributed by atoms with E-state index in [-0.39, 0.29) is 27.0 Å². The number of benzene rings is 2. The fourth-order valence-corrected chi connectivity index (χ4v) is 2.77. The predicted octanol–water partition coefficient (Wildman–Crippen LogP) is 5.01. The van der Waals surface area contributed by atoms with E-state index in [4.69, 9.17) is 39.5 Å². The van der Waals surface area contributed by atoms with Gasteiger partial charge in [0, 0.05) is 11.1 Å². The predicted molar refractivity (Wildman–Crippen MR) is 92.0 cm³/mol. The van der Waals surface area contributed by atoms with Crippen molar-refractivity contribution in [2.75, 3.05) is 11.9 Å². The maximum atomic E-state index is 13.7. The van der Waals surface area contributed by atoms with Crippen LogP contribution in [0.4, 0.5) is 10.1 Å². The Balaban J connectivity index is 2.02. The van der Waals surface area contributed by atoms with E-state index in [0.717, 1.165) is 6.07 Å². The molecule has 0 radical (unpaired) electrons. The molecule has 1 N–H and O–H groups in total. The summed E-state index contributed by atoms with van der Waals surface area (Å²) >= 11 is 17.7. The minimum atomic E-state index is -0.718. The fraction of sp³-hybridized carbons (Fsp3) is 0.125. The zero-order chi connectivity index (χ0) is 17.9. The Hall–Kier alpha value is -1.82. The van der Waals surface area contributed by atoms with E-state index in [1.54, 1.807) is 0 Å². The van der Waals surface area contributed by atoms with E-state index in [2.05, 4.69) is 5.32 Å². The molecule has 4 nitrogen and oxygen atoms in total. The number of hydrogen-bond acceptors (Lipinski definition) is 3. The van der Waals surface area contributed by atoms with E-state index in [1.807, 2.05) is 0 Å². The van der Waals surface area contributed by atoms with Gasteiger partial charge < -0.3 is 10.1 Å². The number of rotatable bonds is 5. The molecule has 0 aliphatic heterocycles. The van der Waals surface area contributed by atoms with Crippen LogP contribution in [0.3, 0.4) is 0 Å². The summed E-state index contributed by atoms with van der Waals surface area (Å²) in [6, 6.07) is 6.59. The van der Waals surface area contributed by atoms with Gasteiger partial charge in [-0.3, -0.25) is 9.59 Å². The van der Waals surface area contributed by atoms with Crippen molar-refractivity contribution in [2.24, 2.45) is 0 Å². The van der Waals surface area contributed by atoms with Gasteiger partial charge in [-0.2, -0.15) is 0 Å². The molecule has 0 bridgehead atoms. The van der Waals surface area contributed by atoms with Gasteiger partial charge in [0.05, 0.1) is 21.3 Å². The highest BCUT2D eigenvalue weighted by atomic mass is 35.5. The molecule has 2 aromatic carbocycles. The van der Waals surface area contributed by atoms with Gasteiger partial charge in [0.2, 0.25) is 0 Å². The number of carbonyl (C=O) groups is 2. The van der Waals surface area contributed by atoms with Crippen LogP contribution in [0, 0.1) is 5.82 Å². The van der Waals surface area contributed by atoms with Gasteiger partial charge in [0.25, 0.3) is 5.91 Å². The highest BCUT2D eigenvalue weighted by Gasteiger charge is 2.13. The molecule has 0 heterocycles. The second-order valence-electron chi connectivity index (χ2n) is 4.78. The first-order valence-electron chi connectivity index (χ1n) is 6.65. The number of ketones is 1. The van der Waals surface area contributed by atoms with Crippen molar-refractivity contribution in [3.8, 4) is 5.75 Å². The van der Waals surface area contributed by atoms with Gasteiger partial charge in [0.15, 0.2) is 12.4 Å². The molecule has 0 fully saturated rings. The first-order chi connectivity index (χ1) is 11.3. The van der Waals surface area contributed by atoms with E-state index in [1.165, 1.54) is 31.2 Å². The minimum absolute atomic E-state index is 0.0495. The lowest BCUT2D eigenvalue weighted by atomic mass is 10.1. The summed E-state index contributed by atoms with van der Waals surface area (Å²) in [6.07, 6.45) is 0. The maximum Gasteiger partial charge on any atom is 0.262 e. The quantitative estimate of drug-likeness (QED) is 0.730. The summed E-state index contributed by atoms with van der Waals surface area (Å²) in [5.74, 6) is -1.55. The molecule has 0 saturated carbocycles. The first kappa shape index (κ1) is 18.5. The van der Waals surface area contributed by atoms with Crippen molar-refractivity contribution in [1.29, 1.82) is 0 Å². The molecule has 0 atom stereocenters.